The number of phenols is 1. The lowest BCUT2D eigenvalue weighted by Crippen LogP contribution is -2.19. The Hall–Kier alpha value is -2.15. The third-order valence-corrected chi connectivity index (χ3v) is 4.94. The van der Waals surface area contributed by atoms with Gasteiger partial charge in [0, 0.05) is 0 Å². The molecule has 0 atom stereocenters. The number of benzene rings is 2. The summed E-state index contributed by atoms with van der Waals surface area (Å²) in [6.45, 7) is 0. The van der Waals surface area contributed by atoms with Gasteiger partial charge in [-0.3, -0.25) is 4.79 Å². The number of amidine groups is 1. The Morgan fingerprint density at radius 1 is 1.20 bits per heavy atom. The van der Waals surface area contributed by atoms with Gasteiger partial charge in [-0.25, -0.2) is 4.99 Å². The van der Waals surface area contributed by atoms with Crippen LogP contribution >= 0.6 is 35.0 Å². The Bertz CT molecular complexity index is 913. The molecule has 1 aliphatic heterocycles. The average Bonchev–Trinajstić information content (AvgIpc) is 2.92. The van der Waals surface area contributed by atoms with Gasteiger partial charge < -0.3 is 15.2 Å². The number of amides is 1. The fourth-order valence-electron chi connectivity index (χ4n) is 2.09. The summed E-state index contributed by atoms with van der Waals surface area (Å²) in [5.41, 5.74) is 1.31. The lowest BCUT2D eigenvalue weighted by Gasteiger charge is -2.03. The predicted molar refractivity (Wildman–Crippen MR) is 102 cm³/mol. The molecule has 1 aliphatic rings. The molecule has 1 fully saturated rings. The summed E-state index contributed by atoms with van der Waals surface area (Å²) >= 11 is 13.1. The van der Waals surface area contributed by atoms with Crippen LogP contribution in [0.5, 0.6) is 11.5 Å². The number of methoxy groups -OCH3 is 1. The van der Waals surface area contributed by atoms with Crippen LogP contribution in [-0.2, 0) is 4.79 Å². The standard InChI is InChI=1S/C17H12Cl2N2O3S/c1-24-14-6-9(2-5-13(14)22)7-15-16(23)21-17(25-15)20-10-3-4-11(18)12(19)8-10/h2-8,22H,1H3,(H,20,21,23)/b15-7+. The summed E-state index contributed by atoms with van der Waals surface area (Å²) < 4.78 is 5.06. The number of carbonyl (C=O) groups excluding carboxylic acids is 1. The number of hydrogen-bond donors (Lipinski definition) is 2. The number of nitrogens with one attached hydrogen (secondary N) is 1. The predicted octanol–water partition coefficient (Wildman–Crippen LogP) is 4.60. The molecule has 0 aromatic heterocycles. The van der Waals surface area contributed by atoms with E-state index < -0.39 is 0 Å². The molecule has 1 amide bonds. The molecule has 2 aromatic rings. The fraction of sp³-hybridized carbons (Fsp3) is 0.0588. The van der Waals surface area contributed by atoms with E-state index in [1.165, 1.54) is 24.9 Å². The Balaban J connectivity index is 1.84. The van der Waals surface area contributed by atoms with E-state index >= 15 is 0 Å². The fourth-order valence-corrected chi connectivity index (χ4v) is 3.22. The number of aromatic hydroxyl groups is 1. The van der Waals surface area contributed by atoms with E-state index in [0.29, 0.717) is 31.6 Å². The summed E-state index contributed by atoms with van der Waals surface area (Å²) in [5, 5.41) is 13.6. The lowest BCUT2D eigenvalue weighted by molar-refractivity contribution is -0.115. The SMILES string of the molecule is COc1cc(/C=C2/SC(=Nc3ccc(Cl)c(Cl)c3)NC2=O)ccc1O. The summed E-state index contributed by atoms with van der Waals surface area (Å²) in [4.78, 5) is 16.9. The van der Waals surface area contributed by atoms with Crippen molar-refractivity contribution in [3.63, 3.8) is 0 Å². The van der Waals surface area contributed by atoms with E-state index in [1.54, 1.807) is 36.4 Å². The zero-order valence-electron chi connectivity index (χ0n) is 12.9. The van der Waals surface area contributed by atoms with Gasteiger partial charge >= 0.3 is 0 Å². The summed E-state index contributed by atoms with van der Waals surface area (Å²) in [7, 11) is 1.46. The molecule has 0 radical (unpaired) electrons. The number of rotatable bonds is 3. The molecule has 2 aromatic carbocycles. The van der Waals surface area contributed by atoms with Crippen LogP contribution in [0.15, 0.2) is 46.3 Å². The molecule has 25 heavy (non-hydrogen) atoms. The number of ether oxygens (including phenoxy) is 1. The van der Waals surface area contributed by atoms with Crippen LogP contribution in [0.3, 0.4) is 0 Å². The molecule has 0 unspecified atom stereocenters. The normalized spacial score (nSPS) is 17.2. The van der Waals surface area contributed by atoms with Crippen LogP contribution in [0.2, 0.25) is 10.0 Å². The highest BCUT2D eigenvalue weighted by Gasteiger charge is 2.24. The van der Waals surface area contributed by atoms with Gasteiger partial charge in [0.15, 0.2) is 16.7 Å². The van der Waals surface area contributed by atoms with Crippen molar-refractivity contribution in [2.75, 3.05) is 7.11 Å². The molecular formula is C17H12Cl2N2O3S. The minimum absolute atomic E-state index is 0.0371. The minimum Gasteiger partial charge on any atom is -0.504 e. The zero-order valence-corrected chi connectivity index (χ0v) is 15.2. The molecule has 0 spiro atoms. The molecule has 0 aliphatic carbocycles. The highest BCUT2D eigenvalue weighted by Crippen LogP contribution is 2.32. The zero-order chi connectivity index (χ0) is 18.0. The van der Waals surface area contributed by atoms with Crippen molar-refractivity contribution in [1.29, 1.82) is 0 Å². The molecule has 0 saturated carbocycles. The van der Waals surface area contributed by atoms with Gasteiger partial charge in [0.25, 0.3) is 5.91 Å². The third-order valence-electron chi connectivity index (χ3n) is 3.29. The molecule has 1 heterocycles. The van der Waals surface area contributed by atoms with Crippen LogP contribution in [0, 0.1) is 0 Å². The van der Waals surface area contributed by atoms with Gasteiger partial charge in [-0.05, 0) is 53.7 Å². The maximum atomic E-state index is 12.1. The van der Waals surface area contributed by atoms with Crippen molar-refractivity contribution >= 4 is 57.8 Å². The van der Waals surface area contributed by atoms with Crippen molar-refractivity contribution in [3.05, 3.63) is 56.9 Å². The maximum Gasteiger partial charge on any atom is 0.264 e. The van der Waals surface area contributed by atoms with Crippen molar-refractivity contribution in [1.82, 2.24) is 5.32 Å². The highest BCUT2D eigenvalue weighted by molar-refractivity contribution is 8.18. The highest BCUT2D eigenvalue weighted by atomic mass is 35.5. The Morgan fingerprint density at radius 3 is 2.72 bits per heavy atom. The van der Waals surface area contributed by atoms with Gasteiger partial charge in [-0.15, -0.1) is 0 Å². The Labute approximate surface area is 158 Å². The molecule has 8 heteroatoms. The second kappa shape index (κ2) is 7.39. The molecule has 3 rings (SSSR count). The van der Waals surface area contributed by atoms with E-state index in [1.807, 2.05) is 0 Å². The monoisotopic (exact) mass is 394 g/mol. The molecule has 2 N–H and O–H groups in total. The van der Waals surface area contributed by atoms with E-state index in [9.17, 15) is 9.90 Å². The Kier molecular flexibility index (Phi) is 5.22. The van der Waals surface area contributed by atoms with Crippen LogP contribution in [0.25, 0.3) is 6.08 Å². The second-order valence-corrected chi connectivity index (χ2v) is 6.86. The summed E-state index contributed by atoms with van der Waals surface area (Å²) in [6.07, 6.45) is 1.69. The van der Waals surface area contributed by atoms with E-state index in [0.717, 1.165) is 5.56 Å². The first-order chi connectivity index (χ1) is 12.0. The van der Waals surface area contributed by atoms with E-state index in [4.69, 9.17) is 27.9 Å². The Morgan fingerprint density at radius 2 is 2.00 bits per heavy atom. The van der Waals surface area contributed by atoms with Crippen molar-refractivity contribution in [2.24, 2.45) is 4.99 Å². The van der Waals surface area contributed by atoms with Gasteiger partial charge in [0.1, 0.15) is 0 Å². The number of thioether (sulfide) groups is 1. The van der Waals surface area contributed by atoms with Crippen molar-refractivity contribution in [2.45, 2.75) is 0 Å². The van der Waals surface area contributed by atoms with Crippen LogP contribution in [-0.4, -0.2) is 23.3 Å². The molecular weight excluding hydrogens is 383 g/mol. The first kappa shape index (κ1) is 17.7. The van der Waals surface area contributed by atoms with Gasteiger partial charge in [-0.2, -0.15) is 0 Å². The van der Waals surface area contributed by atoms with Crippen LogP contribution in [0.4, 0.5) is 5.69 Å². The number of phenolic OH excluding ortho intramolecular Hbond substituents is 1. The number of carbonyl (C=O) groups is 1. The third kappa shape index (κ3) is 4.10. The smallest absolute Gasteiger partial charge is 0.264 e. The maximum absolute atomic E-state index is 12.1. The van der Waals surface area contributed by atoms with Crippen molar-refractivity contribution < 1.29 is 14.6 Å². The summed E-state index contributed by atoms with van der Waals surface area (Å²) in [5.74, 6) is 0.119. The molecule has 5 nitrogen and oxygen atoms in total. The van der Waals surface area contributed by atoms with E-state index in [-0.39, 0.29) is 11.7 Å². The molecule has 1 saturated heterocycles. The van der Waals surface area contributed by atoms with Gasteiger partial charge in [0.2, 0.25) is 0 Å². The second-order valence-electron chi connectivity index (χ2n) is 5.01. The summed E-state index contributed by atoms with van der Waals surface area (Å²) in [6, 6.07) is 9.81. The number of nitrogens with zero attached hydrogens (tertiary/aromatic N) is 1. The largest absolute Gasteiger partial charge is 0.504 e. The first-order valence-electron chi connectivity index (χ1n) is 7.08. The van der Waals surface area contributed by atoms with Gasteiger partial charge in [0.05, 0.1) is 27.7 Å². The topological polar surface area (TPSA) is 70.9 Å². The molecule has 0 bridgehead atoms. The minimum atomic E-state index is -0.254. The molecule has 128 valence electrons. The average molecular weight is 395 g/mol. The van der Waals surface area contributed by atoms with Gasteiger partial charge in [-0.1, -0.05) is 29.3 Å². The lowest BCUT2D eigenvalue weighted by atomic mass is 10.2. The van der Waals surface area contributed by atoms with E-state index in [2.05, 4.69) is 10.3 Å². The number of halogens is 2. The quantitative estimate of drug-likeness (QED) is 0.746. The van der Waals surface area contributed by atoms with Crippen LogP contribution < -0.4 is 10.1 Å². The van der Waals surface area contributed by atoms with Crippen LogP contribution in [0.1, 0.15) is 5.56 Å². The number of aliphatic imine (C=N–C) groups is 1. The van der Waals surface area contributed by atoms with Crippen molar-refractivity contribution in [3.8, 4) is 11.5 Å². The first-order valence-corrected chi connectivity index (χ1v) is 8.65. The number of hydrogen-bond acceptors (Lipinski definition) is 5.